The number of aromatic nitrogens is 2. The van der Waals surface area contributed by atoms with Crippen molar-refractivity contribution >= 4 is 0 Å². The Hall–Kier alpha value is -0.870. The highest BCUT2D eigenvalue weighted by atomic mass is 16.5. The van der Waals surface area contributed by atoms with E-state index in [-0.39, 0.29) is 0 Å². The Bertz CT molecular complexity index is 331. The van der Waals surface area contributed by atoms with Gasteiger partial charge < -0.3 is 14.6 Å². The number of imidazole rings is 1. The van der Waals surface area contributed by atoms with E-state index in [0.717, 1.165) is 32.3 Å². The number of hydrogen-bond donors (Lipinski definition) is 1. The van der Waals surface area contributed by atoms with Gasteiger partial charge >= 0.3 is 0 Å². The number of nitrogens with one attached hydrogen (secondary N) is 1. The monoisotopic (exact) mass is 237 g/mol. The third-order valence-corrected chi connectivity index (χ3v) is 2.88. The van der Waals surface area contributed by atoms with Gasteiger partial charge in [0.05, 0.1) is 18.6 Å². The molecule has 2 rings (SSSR count). The first kappa shape index (κ1) is 12.6. The first-order chi connectivity index (χ1) is 8.25. The molecule has 1 aliphatic rings. The smallest absolute Gasteiger partial charge is 0.0949 e. The minimum Gasteiger partial charge on any atom is -0.379 e. The van der Waals surface area contributed by atoms with E-state index in [0.29, 0.717) is 5.92 Å². The van der Waals surface area contributed by atoms with E-state index in [1.165, 1.54) is 18.5 Å². The minimum atomic E-state index is 0.605. The zero-order chi connectivity index (χ0) is 12.1. The molecule has 1 heterocycles. The lowest BCUT2D eigenvalue weighted by Crippen LogP contribution is -2.19. The molecule has 0 spiro atoms. The SMILES string of the molecule is CC(C)COCCn1cncc1CNC1CC1. The Balaban J connectivity index is 1.69. The van der Waals surface area contributed by atoms with Gasteiger partial charge in [-0.2, -0.15) is 0 Å². The van der Waals surface area contributed by atoms with Gasteiger partial charge in [0.25, 0.3) is 0 Å². The molecule has 0 aromatic carbocycles. The summed E-state index contributed by atoms with van der Waals surface area (Å²) in [6, 6.07) is 0.746. The average Bonchev–Trinajstić information content (AvgIpc) is 3.02. The molecule has 0 amide bonds. The van der Waals surface area contributed by atoms with Gasteiger partial charge in [-0.05, 0) is 18.8 Å². The van der Waals surface area contributed by atoms with E-state index < -0.39 is 0 Å². The fourth-order valence-electron chi connectivity index (χ4n) is 1.71. The maximum atomic E-state index is 5.59. The molecule has 0 aliphatic heterocycles. The Labute approximate surface area is 103 Å². The highest BCUT2D eigenvalue weighted by Crippen LogP contribution is 2.19. The third-order valence-electron chi connectivity index (χ3n) is 2.88. The predicted octanol–water partition coefficient (Wildman–Crippen LogP) is 1.81. The van der Waals surface area contributed by atoms with Crippen LogP contribution in [0.3, 0.4) is 0 Å². The molecule has 1 aromatic heterocycles. The molecule has 0 unspecified atom stereocenters. The summed E-state index contributed by atoms with van der Waals surface area (Å²) in [5.41, 5.74) is 1.25. The average molecular weight is 237 g/mol. The van der Waals surface area contributed by atoms with Crippen molar-refractivity contribution in [1.82, 2.24) is 14.9 Å². The second-order valence-electron chi connectivity index (χ2n) is 5.20. The van der Waals surface area contributed by atoms with E-state index in [2.05, 4.69) is 28.7 Å². The summed E-state index contributed by atoms with van der Waals surface area (Å²) in [6.07, 6.45) is 6.48. The Morgan fingerprint density at radius 3 is 3.06 bits per heavy atom. The molecule has 1 saturated carbocycles. The van der Waals surface area contributed by atoms with Crippen molar-refractivity contribution in [2.75, 3.05) is 13.2 Å². The molecule has 96 valence electrons. The Morgan fingerprint density at radius 2 is 2.35 bits per heavy atom. The van der Waals surface area contributed by atoms with Crippen molar-refractivity contribution in [1.29, 1.82) is 0 Å². The fourth-order valence-corrected chi connectivity index (χ4v) is 1.71. The Kier molecular flexibility index (Phi) is 4.57. The van der Waals surface area contributed by atoms with Crippen molar-refractivity contribution in [3.63, 3.8) is 0 Å². The molecule has 1 aliphatic carbocycles. The number of rotatable bonds is 8. The zero-order valence-electron chi connectivity index (χ0n) is 10.9. The van der Waals surface area contributed by atoms with Crippen molar-refractivity contribution in [3.8, 4) is 0 Å². The van der Waals surface area contributed by atoms with Crippen LogP contribution in [0, 0.1) is 5.92 Å². The standard InChI is InChI=1S/C13H23N3O/c1-11(2)9-17-6-5-16-10-14-7-13(16)8-15-12-3-4-12/h7,10-12,15H,3-6,8-9H2,1-2H3. The topological polar surface area (TPSA) is 39.1 Å². The quantitative estimate of drug-likeness (QED) is 0.701. The largest absolute Gasteiger partial charge is 0.379 e. The summed E-state index contributed by atoms with van der Waals surface area (Å²) in [5, 5.41) is 3.51. The van der Waals surface area contributed by atoms with Crippen LogP contribution in [0.15, 0.2) is 12.5 Å². The van der Waals surface area contributed by atoms with Crippen LogP contribution in [0.5, 0.6) is 0 Å². The molecule has 4 nitrogen and oxygen atoms in total. The lowest BCUT2D eigenvalue weighted by molar-refractivity contribution is 0.102. The van der Waals surface area contributed by atoms with Crippen LogP contribution in [0.4, 0.5) is 0 Å². The molecule has 0 saturated heterocycles. The van der Waals surface area contributed by atoms with Gasteiger partial charge in [-0.1, -0.05) is 13.8 Å². The lowest BCUT2D eigenvalue weighted by atomic mass is 10.2. The van der Waals surface area contributed by atoms with E-state index in [9.17, 15) is 0 Å². The van der Waals surface area contributed by atoms with E-state index >= 15 is 0 Å². The summed E-state index contributed by atoms with van der Waals surface area (Å²) in [6.45, 7) is 7.77. The van der Waals surface area contributed by atoms with E-state index in [4.69, 9.17) is 4.74 Å². The van der Waals surface area contributed by atoms with E-state index in [1.54, 1.807) is 0 Å². The molecule has 0 atom stereocenters. The normalized spacial score (nSPS) is 15.7. The third kappa shape index (κ3) is 4.48. The van der Waals surface area contributed by atoms with Gasteiger partial charge in [-0.3, -0.25) is 0 Å². The van der Waals surface area contributed by atoms with Gasteiger partial charge in [-0.15, -0.1) is 0 Å². The Morgan fingerprint density at radius 1 is 1.53 bits per heavy atom. The highest BCUT2D eigenvalue weighted by molar-refractivity contribution is 4.99. The predicted molar refractivity (Wildman–Crippen MR) is 67.7 cm³/mol. The highest BCUT2D eigenvalue weighted by Gasteiger charge is 2.20. The molecule has 17 heavy (non-hydrogen) atoms. The van der Waals surface area contributed by atoms with Crippen LogP contribution in [0.25, 0.3) is 0 Å². The van der Waals surface area contributed by atoms with Gasteiger partial charge in [0.15, 0.2) is 0 Å². The van der Waals surface area contributed by atoms with Crippen molar-refractivity contribution in [2.24, 2.45) is 5.92 Å². The molecular formula is C13H23N3O. The molecule has 4 heteroatoms. The van der Waals surface area contributed by atoms with Crippen LogP contribution in [0.1, 0.15) is 32.4 Å². The number of nitrogens with zero attached hydrogens (tertiary/aromatic N) is 2. The van der Waals surface area contributed by atoms with E-state index in [1.807, 2.05) is 12.5 Å². The van der Waals surface area contributed by atoms with Crippen LogP contribution in [-0.2, 0) is 17.8 Å². The maximum absolute atomic E-state index is 5.59. The van der Waals surface area contributed by atoms with Gasteiger partial charge in [0, 0.05) is 31.9 Å². The fraction of sp³-hybridized carbons (Fsp3) is 0.769. The van der Waals surface area contributed by atoms with Gasteiger partial charge in [-0.25, -0.2) is 4.98 Å². The first-order valence-corrected chi connectivity index (χ1v) is 6.56. The van der Waals surface area contributed by atoms with Crippen LogP contribution in [-0.4, -0.2) is 28.8 Å². The van der Waals surface area contributed by atoms with Crippen LogP contribution < -0.4 is 5.32 Å². The summed E-state index contributed by atoms with van der Waals surface area (Å²) in [4.78, 5) is 4.20. The molecular weight excluding hydrogens is 214 g/mol. The molecule has 1 N–H and O–H groups in total. The molecule has 0 radical (unpaired) electrons. The second-order valence-corrected chi connectivity index (χ2v) is 5.20. The molecule has 1 aromatic rings. The van der Waals surface area contributed by atoms with Crippen molar-refractivity contribution < 1.29 is 4.74 Å². The van der Waals surface area contributed by atoms with Crippen molar-refractivity contribution in [2.45, 2.75) is 45.8 Å². The van der Waals surface area contributed by atoms with Crippen LogP contribution in [0.2, 0.25) is 0 Å². The number of hydrogen-bond acceptors (Lipinski definition) is 3. The first-order valence-electron chi connectivity index (χ1n) is 6.56. The minimum absolute atomic E-state index is 0.605. The number of ether oxygens (including phenoxy) is 1. The summed E-state index contributed by atoms with van der Waals surface area (Å²) >= 11 is 0. The second kappa shape index (κ2) is 6.17. The van der Waals surface area contributed by atoms with Gasteiger partial charge in [0.1, 0.15) is 0 Å². The van der Waals surface area contributed by atoms with Gasteiger partial charge in [0.2, 0.25) is 0 Å². The molecule has 0 bridgehead atoms. The zero-order valence-corrected chi connectivity index (χ0v) is 10.9. The molecule has 1 fully saturated rings. The maximum Gasteiger partial charge on any atom is 0.0949 e. The van der Waals surface area contributed by atoms with Crippen LogP contribution >= 0.6 is 0 Å². The summed E-state index contributed by atoms with van der Waals surface area (Å²) in [5.74, 6) is 0.605. The summed E-state index contributed by atoms with van der Waals surface area (Å²) in [7, 11) is 0. The van der Waals surface area contributed by atoms with Crippen molar-refractivity contribution in [3.05, 3.63) is 18.2 Å². The lowest BCUT2D eigenvalue weighted by Gasteiger charge is -2.10. The summed E-state index contributed by atoms with van der Waals surface area (Å²) < 4.78 is 7.77.